The molecule has 1 aliphatic heterocycles. The predicted molar refractivity (Wildman–Crippen MR) is 130 cm³/mol. The van der Waals surface area contributed by atoms with Crippen LogP contribution in [0.1, 0.15) is 79.6 Å². The molecule has 3 rings (SSSR count). The van der Waals surface area contributed by atoms with Crippen LogP contribution in [-0.4, -0.2) is 65.1 Å². The number of hydrogen-bond acceptors (Lipinski definition) is 5. The molecule has 0 aromatic rings. The topological polar surface area (TPSA) is 151 Å². The van der Waals surface area contributed by atoms with E-state index in [1.165, 1.54) is 4.90 Å². The van der Waals surface area contributed by atoms with Crippen LogP contribution in [-0.2, 0) is 19.2 Å². The predicted octanol–water partition coefficient (Wildman–Crippen LogP) is 1.22. The number of nitrogens with zero attached hydrogens (tertiary/aromatic N) is 1. The first kappa shape index (κ1) is 26.9. The van der Waals surface area contributed by atoms with Crippen molar-refractivity contribution in [1.29, 1.82) is 0 Å². The van der Waals surface area contributed by atoms with E-state index >= 15 is 0 Å². The highest BCUT2D eigenvalue weighted by atomic mass is 16.2. The Hall–Kier alpha value is -2.65. The van der Waals surface area contributed by atoms with Crippen molar-refractivity contribution in [2.45, 2.75) is 97.2 Å². The molecule has 5 N–H and O–H groups in total. The van der Waals surface area contributed by atoms with E-state index < -0.39 is 41.3 Å². The summed E-state index contributed by atoms with van der Waals surface area (Å²) in [6, 6.07) is -2.21. The van der Waals surface area contributed by atoms with Crippen LogP contribution in [0.2, 0.25) is 0 Å². The van der Waals surface area contributed by atoms with Gasteiger partial charge in [-0.05, 0) is 63.2 Å². The second-order valence-electron chi connectivity index (χ2n) is 12.6. The van der Waals surface area contributed by atoms with Gasteiger partial charge in [0, 0.05) is 12.1 Å². The summed E-state index contributed by atoms with van der Waals surface area (Å²) in [5, 5.41) is 8.07. The lowest BCUT2D eigenvalue weighted by Crippen LogP contribution is -2.55. The number of ketones is 1. The van der Waals surface area contributed by atoms with Crippen molar-refractivity contribution in [1.82, 2.24) is 20.9 Å². The number of urea groups is 1. The molecule has 10 heteroatoms. The number of likely N-dealkylation sites (tertiary alicyclic amines) is 1. The van der Waals surface area contributed by atoms with E-state index in [1.807, 2.05) is 20.8 Å². The van der Waals surface area contributed by atoms with Crippen molar-refractivity contribution in [3.63, 3.8) is 0 Å². The van der Waals surface area contributed by atoms with Gasteiger partial charge >= 0.3 is 6.03 Å². The van der Waals surface area contributed by atoms with Crippen LogP contribution >= 0.6 is 0 Å². The van der Waals surface area contributed by atoms with Crippen molar-refractivity contribution in [2.75, 3.05) is 13.1 Å². The smallest absolute Gasteiger partial charge is 0.315 e. The molecule has 1 saturated heterocycles. The Morgan fingerprint density at radius 2 is 1.71 bits per heavy atom. The molecule has 0 bridgehead atoms. The quantitative estimate of drug-likeness (QED) is 0.377. The summed E-state index contributed by atoms with van der Waals surface area (Å²) >= 11 is 0. The van der Waals surface area contributed by atoms with Gasteiger partial charge in [0.25, 0.3) is 5.91 Å². The molecular weight excluding hydrogens is 450 g/mol. The van der Waals surface area contributed by atoms with E-state index in [0.29, 0.717) is 19.4 Å². The zero-order chi connectivity index (χ0) is 26.2. The molecule has 196 valence electrons. The monoisotopic (exact) mass is 491 g/mol. The maximum atomic E-state index is 13.4. The number of rotatable bonds is 8. The van der Waals surface area contributed by atoms with Crippen LogP contribution in [0, 0.1) is 16.7 Å². The van der Waals surface area contributed by atoms with Crippen LogP contribution in [0.5, 0.6) is 0 Å². The van der Waals surface area contributed by atoms with Gasteiger partial charge in [-0.1, -0.05) is 33.1 Å². The molecule has 3 fully saturated rings. The van der Waals surface area contributed by atoms with Crippen molar-refractivity contribution in [3.05, 3.63) is 0 Å². The Bertz CT molecular complexity index is 881. The molecule has 0 radical (unpaired) electrons. The van der Waals surface area contributed by atoms with Gasteiger partial charge in [0.05, 0.1) is 12.6 Å². The minimum atomic E-state index is -1.07. The molecule has 3 aliphatic rings. The molecule has 5 amide bonds. The lowest BCUT2D eigenvalue weighted by molar-refractivity contribution is -0.141. The third-order valence-corrected chi connectivity index (χ3v) is 7.40. The number of nitrogens with one attached hydrogen (secondary N) is 3. The van der Waals surface area contributed by atoms with Gasteiger partial charge in [0.15, 0.2) is 0 Å². The van der Waals surface area contributed by atoms with Gasteiger partial charge in [-0.15, -0.1) is 0 Å². The largest absolute Gasteiger partial charge is 0.363 e. The first-order valence-electron chi connectivity index (χ1n) is 12.6. The highest BCUT2D eigenvalue weighted by Crippen LogP contribution is 2.59. The van der Waals surface area contributed by atoms with Crippen molar-refractivity contribution >= 4 is 29.5 Å². The number of carbonyl (C=O) groups excluding carboxylic acids is 5. The fourth-order valence-corrected chi connectivity index (χ4v) is 6.16. The van der Waals surface area contributed by atoms with Gasteiger partial charge in [-0.3, -0.25) is 19.2 Å². The molecular formula is C25H41N5O5. The average molecular weight is 492 g/mol. The number of Topliss-reactive ketones (excluding diaryl/α,β-unsaturated/α-hetero) is 1. The zero-order valence-electron chi connectivity index (χ0n) is 21.7. The van der Waals surface area contributed by atoms with Gasteiger partial charge in [-0.2, -0.15) is 0 Å². The van der Waals surface area contributed by atoms with E-state index in [4.69, 9.17) is 5.73 Å². The number of carbonyl (C=O) groups is 5. The van der Waals surface area contributed by atoms with Gasteiger partial charge < -0.3 is 26.6 Å². The Kier molecular flexibility index (Phi) is 7.53. The first-order valence-corrected chi connectivity index (χ1v) is 12.6. The van der Waals surface area contributed by atoms with Crippen molar-refractivity contribution in [3.8, 4) is 0 Å². The molecule has 2 atom stereocenters. The highest BCUT2D eigenvalue weighted by Gasteiger charge is 2.57. The Morgan fingerprint density at radius 1 is 1.09 bits per heavy atom. The van der Waals surface area contributed by atoms with Crippen molar-refractivity contribution < 1.29 is 24.0 Å². The summed E-state index contributed by atoms with van der Waals surface area (Å²) in [4.78, 5) is 64.2. The van der Waals surface area contributed by atoms with Gasteiger partial charge in [0.1, 0.15) is 6.04 Å². The number of primary amides is 1. The summed E-state index contributed by atoms with van der Waals surface area (Å²) in [6.07, 6.45) is 5.60. The summed E-state index contributed by atoms with van der Waals surface area (Å²) < 4.78 is 0. The Morgan fingerprint density at radius 3 is 2.20 bits per heavy atom. The molecule has 0 aromatic carbocycles. The first-order chi connectivity index (χ1) is 16.1. The Labute approximate surface area is 207 Å². The van der Waals surface area contributed by atoms with E-state index in [1.54, 1.807) is 0 Å². The Balaban J connectivity index is 1.71. The third-order valence-electron chi connectivity index (χ3n) is 7.40. The maximum Gasteiger partial charge on any atom is 0.315 e. The number of hydrogen-bond donors (Lipinski definition) is 4. The summed E-state index contributed by atoms with van der Waals surface area (Å²) in [7, 11) is 0. The van der Waals surface area contributed by atoms with Crippen LogP contribution in [0.15, 0.2) is 0 Å². The second-order valence-corrected chi connectivity index (χ2v) is 12.6. The number of nitrogens with two attached hydrogens (primary N) is 1. The molecule has 10 nitrogen and oxygen atoms in total. The fraction of sp³-hybridized carbons (Fsp3) is 0.800. The van der Waals surface area contributed by atoms with Gasteiger partial charge in [0.2, 0.25) is 17.6 Å². The average Bonchev–Trinajstić information content (AvgIpc) is 3.04. The van der Waals surface area contributed by atoms with E-state index in [9.17, 15) is 24.0 Å². The van der Waals surface area contributed by atoms with Crippen LogP contribution in [0.25, 0.3) is 0 Å². The lowest BCUT2D eigenvalue weighted by Gasteiger charge is -2.51. The number of amides is 5. The third kappa shape index (κ3) is 6.73. The van der Waals surface area contributed by atoms with E-state index in [2.05, 4.69) is 29.8 Å². The molecule has 2 aliphatic carbocycles. The van der Waals surface area contributed by atoms with Crippen molar-refractivity contribution in [2.24, 2.45) is 22.5 Å². The van der Waals surface area contributed by atoms with Crippen LogP contribution in [0.3, 0.4) is 0 Å². The normalized spacial score (nSPS) is 23.6. The zero-order valence-corrected chi connectivity index (χ0v) is 21.7. The van der Waals surface area contributed by atoms with Crippen LogP contribution in [0.4, 0.5) is 4.79 Å². The van der Waals surface area contributed by atoms with E-state index in [-0.39, 0.29) is 29.2 Å². The molecule has 35 heavy (non-hydrogen) atoms. The maximum absolute atomic E-state index is 13.4. The summed E-state index contributed by atoms with van der Waals surface area (Å²) in [5.41, 5.74) is 4.77. The molecule has 1 spiro atoms. The van der Waals surface area contributed by atoms with Gasteiger partial charge in [-0.25, -0.2) is 4.79 Å². The SMILES string of the molecule is CC1(C)CC2(CC(C(=O)NC(CC3CCC3)C(=O)C(N)=O)N(C(=O)CNC(=O)NC(C)(C)C)C2)C1. The molecule has 2 unspecified atom stereocenters. The molecule has 1 heterocycles. The fourth-order valence-electron chi connectivity index (χ4n) is 6.16. The standard InChI is InChI=1S/C25H41N5O5/c1-23(2,3)29-22(35)27-11-18(31)30-14-25(12-24(4,5)13-25)10-17(30)21(34)28-16(19(32)20(26)33)9-15-7-6-8-15/h15-17H,6-14H2,1-5H3,(H2,26,33)(H,28,34)(H2,27,29,35). The van der Waals surface area contributed by atoms with Crippen LogP contribution < -0.4 is 21.7 Å². The molecule has 2 saturated carbocycles. The second kappa shape index (κ2) is 9.78. The van der Waals surface area contributed by atoms with E-state index in [0.717, 1.165) is 32.1 Å². The lowest BCUT2D eigenvalue weighted by atomic mass is 9.53. The summed E-state index contributed by atoms with van der Waals surface area (Å²) in [6.45, 7) is 10.0. The molecule has 0 aromatic heterocycles. The minimum absolute atomic E-state index is 0.139. The highest BCUT2D eigenvalue weighted by molar-refractivity contribution is 6.37. The minimum Gasteiger partial charge on any atom is -0.363 e. The summed E-state index contributed by atoms with van der Waals surface area (Å²) in [5.74, 6) is -2.40.